The van der Waals surface area contributed by atoms with E-state index >= 15 is 0 Å². The Hall–Kier alpha value is -0.310. The molecule has 70 valence electrons. The van der Waals surface area contributed by atoms with Crippen LogP contribution < -0.4 is 0 Å². The minimum atomic E-state index is -0.0821. The van der Waals surface area contributed by atoms with E-state index in [1.54, 1.807) is 12.3 Å². The van der Waals surface area contributed by atoms with Gasteiger partial charge in [-0.25, -0.2) is 4.98 Å². The summed E-state index contributed by atoms with van der Waals surface area (Å²) in [5.74, 6) is 0. The second-order valence-corrected chi connectivity index (χ2v) is 4.20. The van der Waals surface area contributed by atoms with E-state index < -0.39 is 0 Å². The molecular weight excluding hydrogens is 209 g/mol. The first-order valence-corrected chi connectivity index (χ1v) is 4.86. The van der Waals surface area contributed by atoms with E-state index in [4.69, 9.17) is 28.3 Å². The summed E-state index contributed by atoms with van der Waals surface area (Å²) in [5.41, 5.74) is 0.908. The quantitative estimate of drug-likeness (QED) is 0.773. The summed E-state index contributed by atoms with van der Waals surface area (Å²) in [6, 6.07) is 1.79. The van der Waals surface area contributed by atoms with Crippen LogP contribution in [-0.4, -0.2) is 16.7 Å². The van der Waals surface area contributed by atoms with Crippen molar-refractivity contribution in [1.29, 1.82) is 0 Å². The van der Waals surface area contributed by atoms with Gasteiger partial charge < -0.3 is 5.11 Å². The van der Waals surface area contributed by atoms with Crippen LogP contribution in [0.25, 0.3) is 0 Å². The highest BCUT2D eigenvalue weighted by molar-refractivity contribution is 6.41. The van der Waals surface area contributed by atoms with Crippen molar-refractivity contribution in [1.82, 2.24) is 4.98 Å². The van der Waals surface area contributed by atoms with Crippen LogP contribution in [0.5, 0.6) is 0 Å². The number of aliphatic hydroxyl groups excluding tert-OH is 1. The molecule has 1 N–H and O–H groups in total. The molecule has 1 aliphatic rings. The molecule has 0 bridgehead atoms. The third-order valence-corrected chi connectivity index (χ3v) is 3.25. The summed E-state index contributed by atoms with van der Waals surface area (Å²) < 4.78 is 0. The van der Waals surface area contributed by atoms with E-state index in [0.717, 1.165) is 18.4 Å². The van der Waals surface area contributed by atoms with Crippen molar-refractivity contribution in [3.05, 3.63) is 28.0 Å². The third-order valence-electron chi connectivity index (χ3n) is 2.56. The van der Waals surface area contributed by atoms with Crippen LogP contribution in [-0.2, 0) is 5.41 Å². The largest absolute Gasteiger partial charge is 0.395 e. The van der Waals surface area contributed by atoms with Crippen molar-refractivity contribution in [2.24, 2.45) is 0 Å². The highest BCUT2D eigenvalue weighted by Gasteiger charge is 2.44. The molecule has 1 saturated carbocycles. The van der Waals surface area contributed by atoms with Crippen molar-refractivity contribution in [3.63, 3.8) is 0 Å². The lowest BCUT2D eigenvalue weighted by Gasteiger charge is -2.11. The normalized spacial score (nSPS) is 18.7. The van der Waals surface area contributed by atoms with Gasteiger partial charge in [-0.2, -0.15) is 0 Å². The maximum atomic E-state index is 9.17. The molecule has 0 amide bonds. The van der Waals surface area contributed by atoms with Crippen molar-refractivity contribution in [2.75, 3.05) is 6.61 Å². The van der Waals surface area contributed by atoms with Crippen molar-refractivity contribution < 1.29 is 5.11 Å². The first-order chi connectivity index (χ1) is 6.18. The summed E-state index contributed by atoms with van der Waals surface area (Å²) in [4.78, 5) is 3.96. The Morgan fingerprint density at radius 3 is 2.62 bits per heavy atom. The SMILES string of the molecule is OCC1(c2cnc(Cl)c(Cl)c2)CC1. The Labute approximate surface area is 86.5 Å². The fraction of sp³-hybridized carbons (Fsp3) is 0.444. The van der Waals surface area contributed by atoms with Gasteiger partial charge in [0, 0.05) is 11.6 Å². The molecule has 0 spiro atoms. The highest BCUT2D eigenvalue weighted by atomic mass is 35.5. The molecule has 0 unspecified atom stereocenters. The average molecular weight is 218 g/mol. The van der Waals surface area contributed by atoms with Crippen LogP contribution in [0.4, 0.5) is 0 Å². The smallest absolute Gasteiger partial charge is 0.147 e. The molecule has 1 aromatic heterocycles. The van der Waals surface area contributed by atoms with Crippen LogP contribution in [0.15, 0.2) is 12.3 Å². The number of hydrogen-bond donors (Lipinski definition) is 1. The average Bonchev–Trinajstić information content (AvgIpc) is 2.90. The molecule has 0 atom stereocenters. The molecule has 2 nitrogen and oxygen atoms in total. The lowest BCUT2D eigenvalue weighted by Crippen LogP contribution is -2.12. The minimum absolute atomic E-state index is 0.0821. The van der Waals surface area contributed by atoms with Crippen molar-refractivity contribution >= 4 is 23.2 Å². The van der Waals surface area contributed by atoms with Crippen molar-refractivity contribution in [3.8, 4) is 0 Å². The fourth-order valence-electron chi connectivity index (χ4n) is 1.40. The molecule has 1 aromatic rings. The Morgan fingerprint density at radius 2 is 2.15 bits per heavy atom. The second-order valence-electron chi connectivity index (χ2n) is 3.44. The van der Waals surface area contributed by atoms with Gasteiger partial charge in [0.05, 0.1) is 11.6 Å². The maximum Gasteiger partial charge on any atom is 0.147 e. The van der Waals surface area contributed by atoms with Gasteiger partial charge in [0.15, 0.2) is 0 Å². The molecule has 0 aromatic carbocycles. The maximum absolute atomic E-state index is 9.17. The Kier molecular flexibility index (Phi) is 2.22. The molecule has 0 aliphatic heterocycles. The van der Waals surface area contributed by atoms with E-state index in [0.29, 0.717) is 10.2 Å². The zero-order valence-electron chi connectivity index (χ0n) is 6.93. The van der Waals surface area contributed by atoms with Gasteiger partial charge in [0.25, 0.3) is 0 Å². The minimum Gasteiger partial charge on any atom is -0.395 e. The van der Waals surface area contributed by atoms with Gasteiger partial charge >= 0.3 is 0 Å². The Bertz CT molecular complexity index is 336. The number of pyridine rings is 1. The summed E-state index contributed by atoms with van der Waals surface area (Å²) in [5, 5.41) is 9.94. The molecule has 4 heteroatoms. The molecule has 0 saturated heterocycles. The molecular formula is C9H9Cl2NO. The number of nitrogens with zero attached hydrogens (tertiary/aromatic N) is 1. The van der Waals surface area contributed by atoms with E-state index in [1.165, 1.54) is 0 Å². The van der Waals surface area contributed by atoms with Gasteiger partial charge in [0.1, 0.15) is 5.15 Å². The first-order valence-electron chi connectivity index (χ1n) is 4.10. The third kappa shape index (κ3) is 1.54. The van der Waals surface area contributed by atoms with E-state index in [-0.39, 0.29) is 12.0 Å². The number of halogens is 2. The molecule has 2 rings (SSSR count). The standard InChI is InChI=1S/C9H9Cl2NO/c10-7-3-6(4-12-8(7)11)9(5-13)1-2-9/h3-4,13H,1-2,5H2. The molecule has 1 aliphatic carbocycles. The number of aliphatic hydroxyl groups is 1. The first kappa shape index (κ1) is 9.25. The zero-order chi connectivity index (χ0) is 9.47. The second kappa shape index (κ2) is 3.12. The number of hydrogen-bond acceptors (Lipinski definition) is 2. The van der Waals surface area contributed by atoms with E-state index in [1.807, 2.05) is 0 Å². The topological polar surface area (TPSA) is 33.1 Å². The predicted molar refractivity (Wildman–Crippen MR) is 52.3 cm³/mol. The lowest BCUT2D eigenvalue weighted by atomic mass is 9.99. The van der Waals surface area contributed by atoms with Crippen LogP contribution in [0.1, 0.15) is 18.4 Å². The Balaban J connectivity index is 2.37. The van der Waals surface area contributed by atoms with Gasteiger partial charge in [-0.1, -0.05) is 23.2 Å². The molecule has 0 radical (unpaired) electrons. The number of aromatic nitrogens is 1. The highest BCUT2D eigenvalue weighted by Crippen LogP contribution is 2.48. The summed E-state index contributed by atoms with van der Waals surface area (Å²) in [7, 11) is 0. The summed E-state index contributed by atoms with van der Waals surface area (Å²) in [6.45, 7) is 0.159. The zero-order valence-corrected chi connectivity index (χ0v) is 8.44. The van der Waals surface area contributed by atoms with Crippen molar-refractivity contribution in [2.45, 2.75) is 18.3 Å². The summed E-state index contributed by atoms with van der Waals surface area (Å²) in [6.07, 6.45) is 3.70. The van der Waals surface area contributed by atoms with Gasteiger partial charge in [-0.3, -0.25) is 0 Å². The lowest BCUT2D eigenvalue weighted by molar-refractivity contribution is 0.255. The van der Waals surface area contributed by atoms with E-state index in [9.17, 15) is 0 Å². The molecule has 1 heterocycles. The molecule has 1 fully saturated rings. The predicted octanol–water partition coefficient (Wildman–Crippen LogP) is 2.41. The van der Waals surface area contributed by atoms with Crippen LogP contribution in [0.2, 0.25) is 10.2 Å². The summed E-state index contributed by atoms with van der Waals surface area (Å²) >= 11 is 11.5. The van der Waals surface area contributed by atoms with Gasteiger partial charge in [-0.15, -0.1) is 0 Å². The fourth-order valence-corrected chi connectivity index (χ4v) is 1.67. The Morgan fingerprint density at radius 1 is 1.46 bits per heavy atom. The van der Waals surface area contributed by atoms with Gasteiger partial charge in [-0.05, 0) is 24.5 Å². The molecule has 13 heavy (non-hydrogen) atoms. The van der Waals surface area contributed by atoms with Gasteiger partial charge in [0.2, 0.25) is 0 Å². The number of rotatable bonds is 2. The van der Waals surface area contributed by atoms with Crippen LogP contribution in [0.3, 0.4) is 0 Å². The monoisotopic (exact) mass is 217 g/mol. The van der Waals surface area contributed by atoms with E-state index in [2.05, 4.69) is 4.98 Å². The van der Waals surface area contributed by atoms with Crippen LogP contribution >= 0.6 is 23.2 Å². The van der Waals surface area contributed by atoms with Crippen LogP contribution in [0, 0.1) is 0 Å².